The molecule has 0 aromatic carbocycles. The van der Waals surface area contributed by atoms with E-state index in [2.05, 4.69) is 6.92 Å². The predicted molar refractivity (Wildman–Crippen MR) is 64.6 cm³/mol. The maximum absolute atomic E-state index is 12.2. The van der Waals surface area contributed by atoms with Crippen molar-refractivity contribution in [3.63, 3.8) is 0 Å². The van der Waals surface area contributed by atoms with E-state index in [0.717, 1.165) is 17.1 Å². The van der Waals surface area contributed by atoms with Gasteiger partial charge in [-0.2, -0.15) is 17.0 Å². The molecule has 0 amide bonds. The van der Waals surface area contributed by atoms with E-state index in [1.165, 1.54) is 4.31 Å². The highest BCUT2D eigenvalue weighted by molar-refractivity contribution is 7.86. The number of rotatable bonds is 6. The molecular weight excluding hydrogens is 244 g/mol. The van der Waals surface area contributed by atoms with Gasteiger partial charge in [0.15, 0.2) is 0 Å². The average Bonchev–Trinajstić information content (AvgIpc) is 2.29. The van der Waals surface area contributed by atoms with E-state index in [9.17, 15) is 8.42 Å². The number of aliphatic hydroxyl groups excluding tert-OH is 2. The monoisotopic (exact) mass is 266 g/mol. The summed E-state index contributed by atoms with van der Waals surface area (Å²) in [4.78, 5) is 0. The minimum Gasteiger partial charge on any atom is -0.395 e. The highest BCUT2D eigenvalue weighted by Gasteiger charge is 2.31. The zero-order chi connectivity index (χ0) is 12.9. The molecule has 0 aromatic heterocycles. The molecule has 0 atom stereocenters. The van der Waals surface area contributed by atoms with Crippen LogP contribution in [0.3, 0.4) is 0 Å². The molecule has 1 aliphatic rings. The Morgan fingerprint density at radius 3 is 2.06 bits per heavy atom. The Hall–Kier alpha value is -0.210. The molecule has 6 nitrogen and oxygen atoms in total. The molecule has 1 saturated heterocycles. The molecule has 0 unspecified atom stereocenters. The minimum absolute atomic E-state index is 0.0367. The SMILES string of the molecule is CC1CCN(S(=O)(=O)N(CCO)CCO)CC1. The smallest absolute Gasteiger partial charge is 0.282 e. The summed E-state index contributed by atoms with van der Waals surface area (Å²) in [6.07, 6.45) is 1.73. The summed E-state index contributed by atoms with van der Waals surface area (Å²) in [6, 6.07) is 0. The lowest BCUT2D eigenvalue weighted by atomic mass is 10.0. The first kappa shape index (κ1) is 14.8. The molecule has 1 heterocycles. The zero-order valence-electron chi connectivity index (χ0n) is 10.2. The first-order valence-corrected chi connectivity index (χ1v) is 7.39. The lowest BCUT2D eigenvalue weighted by Crippen LogP contribution is -2.48. The second-order valence-electron chi connectivity index (χ2n) is 4.44. The summed E-state index contributed by atoms with van der Waals surface area (Å²) in [7, 11) is -3.53. The number of piperidine rings is 1. The lowest BCUT2D eigenvalue weighted by molar-refractivity contribution is 0.201. The van der Waals surface area contributed by atoms with Gasteiger partial charge in [0.1, 0.15) is 0 Å². The largest absolute Gasteiger partial charge is 0.395 e. The Kier molecular flexibility index (Phi) is 5.81. The maximum atomic E-state index is 12.2. The normalized spacial score (nSPS) is 20.0. The zero-order valence-corrected chi connectivity index (χ0v) is 11.1. The van der Waals surface area contributed by atoms with Gasteiger partial charge in [0.2, 0.25) is 0 Å². The summed E-state index contributed by atoms with van der Waals surface area (Å²) in [5.41, 5.74) is 0. The summed E-state index contributed by atoms with van der Waals surface area (Å²) in [5, 5.41) is 17.7. The second kappa shape index (κ2) is 6.65. The third kappa shape index (κ3) is 3.89. The Morgan fingerprint density at radius 1 is 1.18 bits per heavy atom. The van der Waals surface area contributed by atoms with Crippen LogP contribution in [0.1, 0.15) is 19.8 Å². The molecule has 1 aliphatic heterocycles. The van der Waals surface area contributed by atoms with Crippen LogP contribution in [-0.4, -0.2) is 66.6 Å². The summed E-state index contributed by atoms with van der Waals surface area (Å²) < 4.78 is 27.0. The second-order valence-corrected chi connectivity index (χ2v) is 6.36. The van der Waals surface area contributed by atoms with E-state index in [4.69, 9.17) is 10.2 Å². The van der Waals surface area contributed by atoms with Gasteiger partial charge in [-0.15, -0.1) is 0 Å². The van der Waals surface area contributed by atoms with Gasteiger partial charge in [0, 0.05) is 26.2 Å². The molecule has 0 saturated carbocycles. The summed E-state index contributed by atoms with van der Waals surface area (Å²) in [5.74, 6) is 0.561. The van der Waals surface area contributed by atoms with Crippen LogP contribution in [0.5, 0.6) is 0 Å². The van der Waals surface area contributed by atoms with Gasteiger partial charge < -0.3 is 10.2 Å². The highest BCUT2D eigenvalue weighted by Crippen LogP contribution is 2.20. The molecule has 0 radical (unpaired) electrons. The van der Waals surface area contributed by atoms with Crippen LogP contribution in [0.2, 0.25) is 0 Å². The topological polar surface area (TPSA) is 81.1 Å². The Morgan fingerprint density at radius 2 is 1.65 bits per heavy atom. The lowest BCUT2D eigenvalue weighted by Gasteiger charge is -2.33. The molecule has 7 heteroatoms. The quantitative estimate of drug-likeness (QED) is 0.663. The number of hydrogen-bond donors (Lipinski definition) is 2. The number of hydrogen-bond acceptors (Lipinski definition) is 4. The van der Waals surface area contributed by atoms with Crippen LogP contribution in [0.15, 0.2) is 0 Å². The summed E-state index contributed by atoms with van der Waals surface area (Å²) >= 11 is 0. The molecule has 17 heavy (non-hydrogen) atoms. The van der Waals surface area contributed by atoms with Crippen molar-refractivity contribution >= 4 is 10.2 Å². The first-order valence-electron chi connectivity index (χ1n) is 5.99. The molecule has 0 aliphatic carbocycles. The van der Waals surface area contributed by atoms with E-state index in [1.807, 2.05) is 0 Å². The van der Waals surface area contributed by atoms with Crippen molar-refractivity contribution < 1.29 is 18.6 Å². The highest BCUT2D eigenvalue weighted by atomic mass is 32.2. The third-order valence-corrected chi connectivity index (χ3v) is 5.13. The van der Waals surface area contributed by atoms with Gasteiger partial charge in [-0.1, -0.05) is 6.92 Å². The van der Waals surface area contributed by atoms with Crippen LogP contribution in [0.4, 0.5) is 0 Å². The van der Waals surface area contributed by atoms with Gasteiger partial charge in [-0.25, -0.2) is 0 Å². The van der Waals surface area contributed by atoms with Crippen molar-refractivity contribution in [3.8, 4) is 0 Å². The van der Waals surface area contributed by atoms with Gasteiger partial charge in [-0.05, 0) is 18.8 Å². The van der Waals surface area contributed by atoms with Crippen molar-refractivity contribution in [2.75, 3.05) is 39.4 Å². The Balaban J connectivity index is 2.70. The molecule has 2 N–H and O–H groups in total. The van der Waals surface area contributed by atoms with Crippen LogP contribution < -0.4 is 0 Å². The number of nitrogens with zero attached hydrogens (tertiary/aromatic N) is 2. The van der Waals surface area contributed by atoms with Crippen LogP contribution in [0, 0.1) is 5.92 Å². The first-order chi connectivity index (χ1) is 8.02. The van der Waals surface area contributed by atoms with Crippen LogP contribution >= 0.6 is 0 Å². The average molecular weight is 266 g/mol. The van der Waals surface area contributed by atoms with Gasteiger partial charge >= 0.3 is 0 Å². The molecule has 102 valence electrons. The standard InChI is InChI=1S/C10H22N2O4S/c1-10-2-4-11(5-3-10)17(15,16)12(6-8-13)7-9-14/h10,13-14H,2-9H2,1H3. The van der Waals surface area contributed by atoms with Crippen molar-refractivity contribution in [2.45, 2.75) is 19.8 Å². The Bertz CT molecular complexity index is 306. The molecule has 1 rings (SSSR count). The van der Waals surface area contributed by atoms with Gasteiger partial charge in [0.05, 0.1) is 13.2 Å². The predicted octanol–water partition coefficient (Wildman–Crippen LogP) is -0.750. The molecular formula is C10H22N2O4S. The summed E-state index contributed by atoms with van der Waals surface area (Å²) in [6.45, 7) is 2.77. The van der Waals surface area contributed by atoms with Crippen LogP contribution in [0.25, 0.3) is 0 Å². The molecule has 0 bridgehead atoms. The maximum Gasteiger partial charge on any atom is 0.282 e. The minimum atomic E-state index is -3.53. The van der Waals surface area contributed by atoms with E-state index in [1.54, 1.807) is 0 Å². The van der Waals surface area contributed by atoms with Gasteiger partial charge in [-0.3, -0.25) is 0 Å². The van der Waals surface area contributed by atoms with E-state index in [0.29, 0.717) is 19.0 Å². The van der Waals surface area contributed by atoms with E-state index in [-0.39, 0.29) is 26.3 Å². The molecule has 1 fully saturated rings. The Labute approximate surface area is 103 Å². The fourth-order valence-electron chi connectivity index (χ4n) is 1.94. The fourth-order valence-corrected chi connectivity index (χ4v) is 3.57. The van der Waals surface area contributed by atoms with E-state index >= 15 is 0 Å². The van der Waals surface area contributed by atoms with Gasteiger partial charge in [0.25, 0.3) is 10.2 Å². The molecule has 0 aromatic rings. The number of aliphatic hydroxyl groups is 2. The molecule has 0 spiro atoms. The third-order valence-electron chi connectivity index (χ3n) is 3.09. The van der Waals surface area contributed by atoms with Crippen molar-refractivity contribution in [2.24, 2.45) is 5.92 Å². The van der Waals surface area contributed by atoms with Crippen molar-refractivity contribution in [1.29, 1.82) is 0 Å². The fraction of sp³-hybridized carbons (Fsp3) is 1.00. The van der Waals surface area contributed by atoms with E-state index < -0.39 is 10.2 Å². The van der Waals surface area contributed by atoms with Crippen molar-refractivity contribution in [3.05, 3.63) is 0 Å². The van der Waals surface area contributed by atoms with Crippen LogP contribution in [-0.2, 0) is 10.2 Å². The van der Waals surface area contributed by atoms with Crippen molar-refractivity contribution in [1.82, 2.24) is 8.61 Å².